The summed E-state index contributed by atoms with van der Waals surface area (Å²) in [6.07, 6.45) is 5.87. The Hall–Kier alpha value is -0.0400. The molecule has 82 valence electrons. The first-order chi connectivity index (χ1) is 6.56. The summed E-state index contributed by atoms with van der Waals surface area (Å²) < 4.78 is 0. The molecule has 1 saturated carbocycles. The lowest BCUT2D eigenvalue weighted by Gasteiger charge is -2.45. The van der Waals surface area contributed by atoms with E-state index in [0.29, 0.717) is 5.54 Å². The van der Waals surface area contributed by atoms with Crippen LogP contribution in [0.25, 0.3) is 0 Å². The predicted octanol–water partition coefficient (Wildman–Crippen LogP) is 3.30. The van der Waals surface area contributed by atoms with E-state index in [0.717, 1.165) is 17.9 Å². The third kappa shape index (κ3) is 1.41. The van der Waals surface area contributed by atoms with E-state index in [4.69, 9.17) is 0 Å². The maximum Gasteiger partial charge on any atom is 0.0238 e. The van der Waals surface area contributed by atoms with Gasteiger partial charge in [0.25, 0.3) is 0 Å². The van der Waals surface area contributed by atoms with Gasteiger partial charge in [0.2, 0.25) is 0 Å². The van der Waals surface area contributed by atoms with Crippen LogP contribution in [0.3, 0.4) is 0 Å². The van der Waals surface area contributed by atoms with E-state index in [1.165, 1.54) is 32.2 Å². The van der Waals surface area contributed by atoms with Crippen molar-refractivity contribution in [1.82, 2.24) is 4.90 Å². The molecule has 1 nitrogen and oxygen atoms in total. The van der Waals surface area contributed by atoms with Gasteiger partial charge in [-0.2, -0.15) is 0 Å². The molecule has 0 aromatic rings. The fraction of sp³-hybridized carbons (Fsp3) is 1.00. The van der Waals surface area contributed by atoms with Gasteiger partial charge in [0.1, 0.15) is 0 Å². The molecule has 0 amide bonds. The number of nitrogens with zero attached hydrogens (tertiary/aromatic N) is 1. The van der Waals surface area contributed by atoms with Crippen LogP contribution in [-0.4, -0.2) is 23.0 Å². The van der Waals surface area contributed by atoms with Crippen LogP contribution in [0, 0.1) is 11.8 Å². The maximum atomic E-state index is 2.80. The number of hydrogen-bond acceptors (Lipinski definition) is 1. The van der Waals surface area contributed by atoms with E-state index in [1.807, 2.05) is 0 Å². The van der Waals surface area contributed by atoms with Gasteiger partial charge in [-0.1, -0.05) is 20.3 Å². The van der Waals surface area contributed by atoms with Gasteiger partial charge in [0.05, 0.1) is 0 Å². The molecule has 0 aromatic carbocycles. The van der Waals surface area contributed by atoms with Crippen LogP contribution >= 0.6 is 0 Å². The highest BCUT2D eigenvalue weighted by molar-refractivity contribution is 5.04. The predicted molar refractivity (Wildman–Crippen MR) is 61.4 cm³/mol. The molecule has 2 aliphatic rings. The van der Waals surface area contributed by atoms with Crippen molar-refractivity contribution in [2.75, 3.05) is 6.54 Å². The van der Waals surface area contributed by atoms with Crippen LogP contribution in [0.4, 0.5) is 0 Å². The fourth-order valence-electron chi connectivity index (χ4n) is 3.86. The summed E-state index contributed by atoms with van der Waals surface area (Å²) >= 11 is 0. The van der Waals surface area contributed by atoms with Crippen LogP contribution < -0.4 is 0 Å². The van der Waals surface area contributed by atoms with Crippen molar-refractivity contribution in [3.05, 3.63) is 0 Å². The molecule has 2 bridgehead atoms. The molecule has 0 spiro atoms. The third-order valence-corrected chi connectivity index (χ3v) is 4.59. The molecule has 2 atom stereocenters. The summed E-state index contributed by atoms with van der Waals surface area (Å²) in [5, 5.41) is 0. The van der Waals surface area contributed by atoms with E-state index in [9.17, 15) is 0 Å². The smallest absolute Gasteiger partial charge is 0.0238 e. The normalized spacial score (nSPS) is 38.6. The van der Waals surface area contributed by atoms with E-state index in [1.54, 1.807) is 0 Å². The van der Waals surface area contributed by atoms with E-state index in [2.05, 4.69) is 32.6 Å². The Kier molecular flexibility index (Phi) is 2.63. The van der Waals surface area contributed by atoms with Crippen molar-refractivity contribution in [3.8, 4) is 0 Å². The number of rotatable bonds is 2. The van der Waals surface area contributed by atoms with Gasteiger partial charge in [-0.05, 0) is 44.9 Å². The van der Waals surface area contributed by atoms with Crippen LogP contribution in [0.15, 0.2) is 0 Å². The Balaban J connectivity index is 2.25. The molecular weight excluding hydrogens is 170 g/mol. The summed E-state index contributed by atoms with van der Waals surface area (Å²) in [6, 6.07) is 0.737. The molecule has 14 heavy (non-hydrogen) atoms. The second-order valence-corrected chi connectivity index (χ2v) is 5.97. The first kappa shape index (κ1) is 10.5. The molecule has 0 aromatic heterocycles. The lowest BCUT2D eigenvalue weighted by Crippen LogP contribution is -2.51. The van der Waals surface area contributed by atoms with Gasteiger partial charge in [-0.15, -0.1) is 0 Å². The Morgan fingerprint density at radius 3 is 2.50 bits per heavy atom. The van der Waals surface area contributed by atoms with Gasteiger partial charge in [0, 0.05) is 18.1 Å². The highest BCUT2D eigenvalue weighted by atomic mass is 15.3. The lowest BCUT2D eigenvalue weighted by atomic mass is 9.73. The molecule has 1 heteroatoms. The minimum absolute atomic E-state index is 0.567. The highest BCUT2D eigenvalue weighted by Crippen LogP contribution is 2.48. The topological polar surface area (TPSA) is 3.24 Å². The minimum Gasteiger partial charge on any atom is -0.295 e. The van der Waals surface area contributed by atoms with Crippen molar-refractivity contribution in [2.24, 2.45) is 11.8 Å². The van der Waals surface area contributed by atoms with Crippen LogP contribution in [0.2, 0.25) is 0 Å². The van der Waals surface area contributed by atoms with Crippen molar-refractivity contribution >= 4 is 0 Å². The lowest BCUT2D eigenvalue weighted by molar-refractivity contribution is 0.0476. The second-order valence-electron chi connectivity index (χ2n) is 5.97. The molecule has 0 N–H and O–H groups in total. The standard InChI is InChI=1S/C13H25N/c1-10(2)13-7-5-6-12(8-13)9-14(13)11(3)4/h10-12H,5-9H2,1-4H3/t12-,13-/m1/s1. The quantitative estimate of drug-likeness (QED) is 0.653. The van der Waals surface area contributed by atoms with Crippen molar-refractivity contribution < 1.29 is 0 Å². The molecular formula is C13H25N. The highest BCUT2D eigenvalue weighted by Gasteiger charge is 2.50. The molecule has 0 unspecified atom stereocenters. The second kappa shape index (κ2) is 3.52. The number of fused-ring (bicyclic) bond motifs is 2. The van der Waals surface area contributed by atoms with E-state index >= 15 is 0 Å². The zero-order valence-electron chi connectivity index (χ0n) is 10.2. The minimum atomic E-state index is 0.567. The maximum absolute atomic E-state index is 2.80. The molecule has 1 saturated heterocycles. The van der Waals surface area contributed by atoms with Crippen LogP contribution in [0.1, 0.15) is 53.4 Å². The Morgan fingerprint density at radius 1 is 1.21 bits per heavy atom. The number of hydrogen-bond donors (Lipinski definition) is 0. The average Bonchev–Trinajstić information content (AvgIpc) is 2.39. The molecule has 1 heterocycles. The van der Waals surface area contributed by atoms with Gasteiger partial charge >= 0.3 is 0 Å². The monoisotopic (exact) mass is 195 g/mol. The molecule has 0 radical (unpaired) electrons. The van der Waals surface area contributed by atoms with E-state index in [-0.39, 0.29) is 0 Å². The molecule has 2 fully saturated rings. The van der Waals surface area contributed by atoms with Crippen molar-refractivity contribution in [3.63, 3.8) is 0 Å². The summed E-state index contributed by atoms with van der Waals surface area (Å²) in [6.45, 7) is 10.9. The first-order valence-corrected chi connectivity index (χ1v) is 6.33. The zero-order chi connectivity index (χ0) is 10.3. The van der Waals surface area contributed by atoms with Crippen LogP contribution in [0.5, 0.6) is 0 Å². The SMILES string of the molecule is CC(C)N1C[C@@H]2CCC[C@]1(C(C)C)C2. The molecule has 2 rings (SSSR count). The summed E-state index contributed by atoms with van der Waals surface area (Å²) in [4.78, 5) is 2.80. The third-order valence-electron chi connectivity index (χ3n) is 4.59. The summed E-state index contributed by atoms with van der Waals surface area (Å²) in [5.74, 6) is 1.84. The molecule has 1 aliphatic carbocycles. The molecule has 1 aliphatic heterocycles. The van der Waals surface area contributed by atoms with Crippen molar-refractivity contribution in [1.29, 1.82) is 0 Å². The van der Waals surface area contributed by atoms with Gasteiger partial charge in [-0.25, -0.2) is 0 Å². The van der Waals surface area contributed by atoms with Crippen molar-refractivity contribution in [2.45, 2.75) is 65.0 Å². The fourth-order valence-corrected chi connectivity index (χ4v) is 3.86. The summed E-state index contributed by atoms with van der Waals surface area (Å²) in [7, 11) is 0. The largest absolute Gasteiger partial charge is 0.295 e. The Morgan fingerprint density at radius 2 is 1.93 bits per heavy atom. The van der Waals surface area contributed by atoms with E-state index < -0.39 is 0 Å². The van der Waals surface area contributed by atoms with Gasteiger partial charge in [-0.3, -0.25) is 4.90 Å². The Labute approximate surface area is 88.9 Å². The van der Waals surface area contributed by atoms with Gasteiger partial charge < -0.3 is 0 Å². The van der Waals surface area contributed by atoms with Crippen LogP contribution in [-0.2, 0) is 0 Å². The average molecular weight is 195 g/mol. The zero-order valence-corrected chi connectivity index (χ0v) is 10.2. The first-order valence-electron chi connectivity index (χ1n) is 6.33. The number of likely N-dealkylation sites (tertiary alicyclic amines) is 1. The van der Waals surface area contributed by atoms with Gasteiger partial charge in [0.15, 0.2) is 0 Å². The Bertz CT molecular complexity index is 209. The summed E-state index contributed by atoms with van der Waals surface area (Å²) in [5.41, 5.74) is 0.567.